The van der Waals surface area contributed by atoms with Gasteiger partial charge in [-0.1, -0.05) is 42.0 Å². The lowest BCUT2D eigenvalue weighted by Crippen LogP contribution is -2.01. The summed E-state index contributed by atoms with van der Waals surface area (Å²) in [4.78, 5) is 11.7. The van der Waals surface area contributed by atoms with Crippen molar-refractivity contribution in [3.05, 3.63) is 81.2 Å². The summed E-state index contributed by atoms with van der Waals surface area (Å²) in [5, 5.41) is 1.01. The van der Waals surface area contributed by atoms with Gasteiger partial charge in [-0.15, -0.1) is 0 Å². The number of hydrogen-bond donors (Lipinski definition) is 0. The summed E-state index contributed by atoms with van der Waals surface area (Å²) in [6, 6.07) is 16.0. The summed E-state index contributed by atoms with van der Waals surface area (Å²) < 4.78 is 5.28. The summed E-state index contributed by atoms with van der Waals surface area (Å²) in [6.45, 7) is 4.06. The van der Waals surface area contributed by atoms with Gasteiger partial charge < -0.3 is 4.42 Å². The predicted molar refractivity (Wildman–Crippen MR) is 81.2 cm³/mol. The van der Waals surface area contributed by atoms with E-state index in [9.17, 15) is 4.79 Å². The molecule has 0 aliphatic heterocycles. The van der Waals surface area contributed by atoms with Crippen LogP contribution in [0.5, 0.6) is 0 Å². The molecule has 2 aromatic carbocycles. The molecular formula is C18H16O2. The van der Waals surface area contributed by atoms with Crippen LogP contribution in [-0.4, -0.2) is 0 Å². The van der Waals surface area contributed by atoms with E-state index >= 15 is 0 Å². The monoisotopic (exact) mass is 264 g/mol. The van der Waals surface area contributed by atoms with Crippen molar-refractivity contribution in [1.29, 1.82) is 0 Å². The van der Waals surface area contributed by atoms with Crippen LogP contribution < -0.4 is 5.63 Å². The Hall–Kier alpha value is -2.35. The zero-order valence-electron chi connectivity index (χ0n) is 11.6. The van der Waals surface area contributed by atoms with Gasteiger partial charge in [-0.2, -0.15) is 0 Å². The van der Waals surface area contributed by atoms with Crippen LogP contribution in [0.15, 0.2) is 57.7 Å². The molecule has 0 unspecified atom stereocenters. The number of aryl methyl sites for hydroxylation is 2. The van der Waals surface area contributed by atoms with E-state index in [1.165, 1.54) is 11.1 Å². The minimum absolute atomic E-state index is 0.287. The van der Waals surface area contributed by atoms with Crippen molar-refractivity contribution in [3.63, 3.8) is 0 Å². The van der Waals surface area contributed by atoms with E-state index in [0.29, 0.717) is 5.58 Å². The summed E-state index contributed by atoms with van der Waals surface area (Å²) >= 11 is 0. The Morgan fingerprint density at radius 1 is 0.900 bits per heavy atom. The smallest absolute Gasteiger partial charge is 0.336 e. The zero-order chi connectivity index (χ0) is 14.1. The summed E-state index contributed by atoms with van der Waals surface area (Å²) in [6.07, 6.45) is 0.742. The van der Waals surface area contributed by atoms with Crippen LogP contribution in [0.4, 0.5) is 0 Å². The summed E-state index contributed by atoms with van der Waals surface area (Å²) in [7, 11) is 0. The Bertz CT molecular complexity index is 811. The molecule has 2 nitrogen and oxygen atoms in total. The highest BCUT2D eigenvalue weighted by Gasteiger charge is 2.06. The van der Waals surface area contributed by atoms with Crippen molar-refractivity contribution in [2.24, 2.45) is 0 Å². The van der Waals surface area contributed by atoms with Gasteiger partial charge in [-0.05, 0) is 43.0 Å². The molecule has 0 N–H and O–H groups in total. The molecule has 0 amide bonds. The number of fused-ring (bicyclic) bond motifs is 1. The van der Waals surface area contributed by atoms with Crippen LogP contribution in [-0.2, 0) is 6.42 Å². The maximum atomic E-state index is 11.7. The molecule has 0 aliphatic rings. The molecule has 0 aliphatic carbocycles. The highest BCUT2D eigenvalue weighted by molar-refractivity contribution is 5.81. The largest absolute Gasteiger partial charge is 0.423 e. The number of benzene rings is 2. The van der Waals surface area contributed by atoms with Crippen molar-refractivity contribution < 1.29 is 4.42 Å². The number of hydrogen-bond acceptors (Lipinski definition) is 2. The molecule has 0 fully saturated rings. The fourth-order valence-electron chi connectivity index (χ4n) is 2.41. The molecule has 0 saturated carbocycles. The third-order valence-electron chi connectivity index (χ3n) is 3.50. The van der Waals surface area contributed by atoms with E-state index in [1.54, 1.807) is 6.07 Å². The first-order valence-electron chi connectivity index (χ1n) is 6.71. The van der Waals surface area contributed by atoms with Gasteiger partial charge in [-0.3, -0.25) is 0 Å². The van der Waals surface area contributed by atoms with E-state index in [0.717, 1.165) is 22.9 Å². The van der Waals surface area contributed by atoms with Crippen molar-refractivity contribution in [2.45, 2.75) is 20.3 Å². The first-order chi connectivity index (χ1) is 9.61. The quantitative estimate of drug-likeness (QED) is 0.655. The lowest BCUT2D eigenvalue weighted by molar-refractivity contribution is 0.559. The highest BCUT2D eigenvalue weighted by Crippen LogP contribution is 2.21. The molecule has 2 heteroatoms. The molecule has 0 atom stereocenters. The molecule has 3 aromatic rings. The second-order valence-electron chi connectivity index (χ2n) is 5.25. The van der Waals surface area contributed by atoms with Gasteiger partial charge in [0.15, 0.2) is 0 Å². The van der Waals surface area contributed by atoms with Gasteiger partial charge in [0.2, 0.25) is 0 Å². The van der Waals surface area contributed by atoms with E-state index < -0.39 is 0 Å². The maximum absolute atomic E-state index is 11.7. The molecule has 0 bridgehead atoms. The van der Waals surface area contributed by atoms with Gasteiger partial charge >= 0.3 is 5.63 Å². The Labute approximate surface area is 117 Å². The first-order valence-corrected chi connectivity index (χ1v) is 6.71. The SMILES string of the molecule is Cc1ccc(Cc2cc(=O)oc3cc(C)ccc23)cc1. The Balaban J connectivity index is 2.11. The van der Waals surface area contributed by atoms with E-state index in [1.807, 2.05) is 25.1 Å². The van der Waals surface area contributed by atoms with E-state index in [-0.39, 0.29) is 5.63 Å². The van der Waals surface area contributed by atoms with Crippen molar-refractivity contribution >= 4 is 11.0 Å². The molecule has 3 rings (SSSR count). The lowest BCUT2D eigenvalue weighted by atomic mass is 10.0. The minimum atomic E-state index is -0.287. The van der Waals surface area contributed by atoms with Crippen LogP contribution >= 0.6 is 0 Å². The van der Waals surface area contributed by atoms with Crippen molar-refractivity contribution in [1.82, 2.24) is 0 Å². The minimum Gasteiger partial charge on any atom is -0.423 e. The molecular weight excluding hydrogens is 248 g/mol. The fraction of sp³-hybridized carbons (Fsp3) is 0.167. The van der Waals surface area contributed by atoms with Crippen molar-refractivity contribution in [2.75, 3.05) is 0 Å². The van der Waals surface area contributed by atoms with E-state index in [2.05, 4.69) is 31.2 Å². The Morgan fingerprint density at radius 2 is 1.60 bits per heavy atom. The number of rotatable bonds is 2. The van der Waals surface area contributed by atoms with Crippen molar-refractivity contribution in [3.8, 4) is 0 Å². The zero-order valence-corrected chi connectivity index (χ0v) is 11.6. The molecule has 1 heterocycles. The third-order valence-corrected chi connectivity index (χ3v) is 3.50. The van der Waals surface area contributed by atoms with E-state index in [4.69, 9.17) is 4.42 Å². The predicted octanol–water partition coefficient (Wildman–Crippen LogP) is 4.00. The molecule has 20 heavy (non-hydrogen) atoms. The standard InChI is InChI=1S/C18H16O2/c1-12-3-6-14(7-4-12)10-15-11-18(19)20-17-9-13(2)5-8-16(15)17/h3-9,11H,10H2,1-2H3. The molecule has 100 valence electrons. The van der Waals surface area contributed by atoms with Gasteiger partial charge in [-0.25, -0.2) is 4.79 Å². The van der Waals surface area contributed by atoms with Crippen LogP contribution in [0, 0.1) is 13.8 Å². The Kier molecular flexibility index (Phi) is 3.15. The highest BCUT2D eigenvalue weighted by atomic mass is 16.4. The van der Waals surface area contributed by atoms with Gasteiger partial charge in [0.25, 0.3) is 0 Å². The van der Waals surface area contributed by atoms with Crippen LogP contribution in [0.25, 0.3) is 11.0 Å². The Morgan fingerprint density at radius 3 is 2.35 bits per heavy atom. The topological polar surface area (TPSA) is 30.2 Å². The molecule has 0 radical (unpaired) electrons. The summed E-state index contributed by atoms with van der Waals surface area (Å²) in [5.41, 5.74) is 4.92. The van der Waals surface area contributed by atoms with Gasteiger partial charge in [0.05, 0.1) is 0 Å². The molecule has 1 aromatic heterocycles. The van der Waals surface area contributed by atoms with Crippen LogP contribution in [0.3, 0.4) is 0 Å². The second-order valence-corrected chi connectivity index (χ2v) is 5.25. The second kappa shape index (κ2) is 4.97. The van der Waals surface area contributed by atoms with Crippen LogP contribution in [0.1, 0.15) is 22.3 Å². The fourth-order valence-corrected chi connectivity index (χ4v) is 2.41. The maximum Gasteiger partial charge on any atom is 0.336 e. The molecule has 0 spiro atoms. The van der Waals surface area contributed by atoms with Crippen LogP contribution in [0.2, 0.25) is 0 Å². The van der Waals surface area contributed by atoms with Gasteiger partial charge in [0.1, 0.15) is 5.58 Å². The normalized spacial score (nSPS) is 10.9. The third kappa shape index (κ3) is 2.50. The average molecular weight is 264 g/mol. The average Bonchev–Trinajstić information content (AvgIpc) is 2.40. The molecule has 0 saturated heterocycles. The first kappa shape index (κ1) is 12.7. The summed E-state index contributed by atoms with van der Waals surface area (Å²) in [5.74, 6) is 0. The van der Waals surface area contributed by atoms with Gasteiger partial charge in [0, 0.05) is 11.5 Å². The lowest BCUT2D eigenvalue weighted by Gasteiger charge is -2.06.